The van der Waals surface area contributed by atoms with Crippen LogP contribution < -0.4 is 20.1 Å². The van der Waals surface area contributed by atoms with Crippen LogP contribution in [0.1, 0.15) is 53.5 Å². The molecule has 9 heteroatoms. The Labute approximate surface area is 245 Å². The molecule has 0 aliphatic carbocycles. The number of benzene rings is 3. The van der Waals surface area contributed by atoms with Crippen molar-refractivity contribution in [3.63, 3.8) is 0 Å². The van der Waals surface area contributed by atoms with E-state index < -0.39 is 11.7 Å². The molecule has 42 heavy (non-hydrogen) atoms. The van der Waals surface area contributed by atoms with Crippen LogP contribution in [0.5, 0.6) is 11.5 Å². The fraction of sp³-hybridized carbons (Fsp3) is 0.394. The largest absolute Gasteiger partial charge is 0.493 e. The molecule has 2 N–H and O–H groups in total. The van der Waals surface area contributed by atoms with Crippen molar-refractivity contribution in [3.8, 4) is 11.5 Å². The predicted molar refractivity (Wildman–Crippen MR) is 157 cm³/mol. The Morgan fingerprint density at radius 2 is 1.36 bits per heavy atom. The molecular formula is C33H39F3N2O4. The Bertz CT molecular complexity index is 1300. The average Bonchev–Trinajstić information content (AvgIpc) is 2.98. The van der Waals surface area contributed by atoms with Crippen LogP contribution in [-0.4, -0.2) is 39.1 Å². The lowest BCUT2D eigenvalue weighted by molar-refractivity contribution is -0.137. The monoisotopic (exact) mass is 584 g/mol. The minimum atomic E-state index is -4.40. The maximum atomic E-state index is 13.2. The number of ether oxygens (including phenoxy) is 2. The normalized spacial score (nSPS) is 11.2. The van der Waals surface area contributed by atoms with Crippen LogP contribution >= 0.6 is 0 Å². The Morgan fingerprint density at radius 1 is 0.714 bits per heavy atom. The number of halogens is 3. The number of carbonyl (C=O) groups excluding carboxylic acids is 2. The van der Waals surface area contributed by atoms with Gasteiger partial charge in [0.1, 0.15) is 0 Å². The topological polar surface area (TPSA) is 76.7 Å². The molecule has 0 aliphatic rings. The summed E-state index contributed by atoms with van der Waals surface area (Å²) in [4.78, 5) is 24.5. The highest BCUT2D eigenvalue weighted by atomic mass is 19.4. The van der Waals surface area contributed by atoms with E-state index in [1.165, 1.54) is 31.9 Å². The summed E-state index contributed by atoms with van der Waals surface area (Å²) in [5, 5.41) is 5.84. The van der Waals surface area contributed by atoms with Gasteiger partial charge in [-0.1, -0.05) is 54.6 Å². The summed E-state index contributed by atoms with van der Waals surface area (Å²) in [5.41, 5.74) is 2.82. The standard InChI is InChI=1S/C33H39F3N2O4/c1-41-29-18-16-26(28(32(29)42-2)17-15-25-11-8-12-27(23-25)33(34,35)36)20-22-38-31(40)14-7-6-13-30(39)37-21-19-24-9-4-3-5-10-24/h3-5,8-12,16,18,23H,6-7,13-15,17,19-22H2,1-2H3,(H,37,39)(H,38,40). The summed E-state index contributed by atoms with van der Waals surface area (Å²) in [6.45, 7) is 0.978. The van der Waals surface area contributed by atoms with E-state index in [2.05, 4.69) is 10.6 Å². The first kappa shape index (κ1) is 32.5. The Balaban J connectivity index is 1.45. The molecule has 3 aromatic carbocycles. The van der Waals surface area contributed by atoms with Crippen LogP contribution in [-0.2, 0) is 41.4 Å². The molecule has 226 valence electrons. The molecule has 0 bridgehead atoms. The van der Waals surface area contributed by atoms with E-state index in [0.29, 0.717) is 75.1 Å². The molecule has 0 radical (unpaired) electrons. The highest BCUT2D eigenvalue weighted by molar-refractivity contribution is 5.77. The van der Waals surface area contributed by atoms with Crippen molar-refractivity contribution in [2.45, 2.75) is 57.5 Å². The summed E-state index contributed by atoms with van der Waals surface area (Å²) >= 11 is 0. The van der Waals surface area contributed by atoms with Crippen LogP contribution in [0.15, 0.2) is 66.7 Å². The van der Waals surface area contributed by atoms with Crippen LogP contribution in [0.3, 0.4) is 0 Å². The van der Waals surface area contributed by atoms with Crippen LogP contribution in [0.2, 0.25) is 0 Å². The zero-order valence-electron chi connectivity index (χ0n) is 24.2. The molecule has 0 unspecified atom stereocenters. The van der Waals surface area contributed by atoms with Crippen molar-refractivity contribution in [1.29, 1.82) is 0 Å². The number of nitrogens with one attached hydrogen (secondary N) is 2. The third kappa shape index (κ3) is 10.4. The molecule has 0 aliphatic heterocycles. The van der Waals surface area contributed by atoms with Crippen LogP contribution in [0.25, 0.3) is 0 Å². The molecule has 2 amide bonds. The molecule has 3 rings (SSSR count). The van der Waals surface area contributed by atoms with E-state index >= 15 is 0 Å². The van der Waals surface area contributed by atoms with Gasteiger partial charge >= 0.3 is 6.18 Å². The van der Waals surface area contributed by atoms with Gasteiger partial charge in [0.15, 0.2) is 11.5 Å². The van der Waals surface area contributed by atoms with Gasteiger partial charge in [-0.2, -0.15) is 13.2 Å². The van der Waals surface area contributed by atoms with E-state index in [-0.39, 0.29) is 11.8 Å². The van der Waals surface area contributed by atoms with Gasteiger partial charge in [-0.25, -0.2) is 0 Å². The quantitative estimate of drug-likeness (QED) is 0.200. The molecular weight excluding hydrogens is 545 g/mol. The molecule has 0 saturated heterocycles. The number of hydrogen-bond donors (Lipinski definition) is 2. The number of aryl methyl sites for hydroxylation is 1. The molecule has 6 nitrogen and oxygen atoms in total. The van der Waals surface area contributed by atoms with Gasteiger partial charge < -0.3 is 20.1 Å². The van der Waals surface area contributed by atoms with Gasteiger partial charge in [-0.3, -0.25) is 9.59 Å². The van der Waals surface area contributed by atoms with Crippen LogP contribution in [0, 0.1) is 0 Å². The fourth-order valence-electron chi connectivity index (χ4n) is 4.79. The van der Waals surface area contributed by atoms with E-state index in [4.69, 9.17) is 9.47 Å². The van der Waals surface area contributed by atoms with Gasteiger partial charge in [0, 0.05) is 31.5 Å². The van der Waals surface area contributed by atoms with E-state index in [9.17, 15) is 22.8 Å². The number of carbonyl (C=O) groups is 2. The SMILES string of the molecule is COc1ccc(CCNC(=O)CCCCC(=O)NCCc2ccccc2)c(CCc2cccc(C(F)(F)F)c2)c1OC. The van der Waals surface area contributed by atoms with E-state index in [1.807, 2.05) is 36.4 Å². The zero-order valence-corrected chi connectivity index (χ0v) is 24.2. The number of methoxy groups -OCH3 is 2. The van der Waals surface area contributed by atoms with Crippen molar-refractivity contribution < 1.29 is 32.2 Å². The second-order valence-electron chi connectivity index (χ2n) is 10.0. The second kappa shape index (κ2) is 16.4. The lowest BCUT2D eigenvalue weighted by Crippen LogP contribution is -2.26. The molecule has 0 saturated carbocycles. The number of rotatable bonds is 16. The third-order valence-electron chi connectivity index (χ3n) is 7.02. The smallest absolute Gasteiger partial charge is 0.416 e. The summed E-state index contributed by atoms with van der Waals surface area (Å²) in [6, 6.07) is 19.0. The molecule has 0 spiro atoms. The summed E-state index contributed by atoms with van der Waals surface area (Å²) in [5.74, 6) is 0.965. The van der Waals surface area contributed by atoms with Crippen molar-refractivity contribution in [1.82, 2.24) is 10.6 Å². The Kier molecular flexibility index (Phi) is 12.7. The Hall–Kier alpha value is -4.01. The van der Waals surface area contributed by atoms with Gasteiger partial charge in [0.05, 0.1) is 19.8 Å². The average molecular weight is 585 g/mol. The van der Waals surface area contributed by atoms with Crippen molar-refractivity contribution in [3.05, 3.63) is 94.5 Å². The number of unbranched alkanes of at least 4 members (excludes halogenated alkanes) is 1. The first-order valence-corrected chi connectivity index (χ1v) is 14.2. The predicted octanol–water partition coefficient (Wildman–Crippen LogP) is 6.09. The van der Waals surface area contributed by atoms with Crippen LogP contribution in [0.4, 0.5) is 13.2 Å². The molecule has 0 heterocycles. The van der Waals surface area contributed by atoms with Crippen molar-refractivity contribution in [2.75, 3.05) is 27.3 Å². The van der Waals surface area contributed by atoms with Gasteiger partial charge in [-0.15, -0.1) is 0 Å². The minimum Gasteiger partial charge on any atom is -0.493 e. The molecule has 0 aromatic heterocycles. The first-order valence-electron chi connectivity index (χ1n) is 14.2. The van der Waals surface area contributed by atoms with Crippen molar-refractivity contribution in [2.24, 2.45) is 0 Å². The second-order valence-corrected chi connectivity index (χ2v) is 10.0. The van der Waals surface area contributed by atoms with Gasteiger partial charge in [0.2, 0.25) is 11.8 Å². The molecule has 3 aromatic rings. The minimum absolute atomic E-state index is 0.0162. The lowest BCUT2D eigenvalue weighted by Gasteiger charge is -2.18. The van der Waals surface area contributed by atoms with E-state index in [1.54, 1.807) is 12.1 Å². The lowest BCUT2D eigenvalue weighted by atomic mass is 9.95. The van der Waals surface area contributed by atoms with Gasteiger partial charge in [0.25, 0.3) is 0 Å². The maximum absolute atomic E-state index is 13.2. The molecule has 0 atom stereocenters. The summed E-state index contributed by atoms with van der Waals surface area (Å²) in [6.07, 6.45) is -0.339. The van der Waals surface area contributed by atoms with Crippen molar-refractivity contribution >= 4 is 11.8 Å². The fourth-order valence-corrected chi connectivity index (χ4v) is 4.79. The van der Waals surface area contributed by atoms with Gasteiger partial charge in [-0.05, 0) is 67.3 Å². The molecule has 0 fully saturated rings. The summed E-state index contributed by atoms with van der Waals surface area (Å²) < 4.78 is 50.5. The highest BCUT2D eigenvalue weighted by Crippen LogP contribution is 2.35. The number of alkyl halides is 3. The highest BCUT2D eigenvalue weighted by Gasteiger charge is 2.30. The zero-order chi connectivity index (χ0) is 30.4. The third-order valence-corrected chi connectivity index (χ3v) is 7.02. The summed E-state index contributed by atoms with van der Waals surface area (Å²) in [7, 11) is 3.06. The number of amides is 2. The maximum Gasteiger partial charge on any atom is 0.416 e. The Morgan fingerprint density at radius 3 is 1.98 bits per heavy atom. The number of hydrogen-bond acceptors (Lipinski definition) is 4. The van der Waals surface area contributed by atoms with E-state index in [0.717, 1.165) is 23.6 Å². The first-order chi connectivity index (χ1) is 20.2.